The van der Waals surface area contributed by atoms with Crippen molar-refractivity contribution in [2.45, 2.75) is 20.3 Å². The van der Waals surface area contributed by atoms with Gasteiger partial charge in [0, 0.05) is 16.3 Å². The molecular formula is C17H17ClN2OS. The largest absolute Gasteiger partial charge is 0.332 e. The van der Waals surface area contributed by atoms with Crippen molar-refractivity contribution in [3.8, 4) is 0 Å². The van der Waals surface area contributed by atoms with Crippen LogP contribution in [0.3, 0.4) is 0 Å². The normalized spacial score (nSPS) is 10.1. The van der Waals surface area contributed by atoms with E-state index in [0.29, 0.717) is 10.6 Å². The zero-order valence-corrected chi connectivity index (χ0v) is 14.0. The number of para-hydroxylation sites is 1. The smallest absolute Gasteiger partial charge is 0.257 e. The Labute approximate surface area is 140 Å². The number of anilines is 1. The minimum absolute atomic E-state index is 0.263. The van der Waals surface area contributed by atoms with E-state index in [4.69, 9.17) is 23.8 Å². The van der Waals surface area contributed by atoms with E-state index >= 15 is 0 Å². The van der Waals surface area contributed by atoms with Crippen LogP contribution in [0.2, 0.25) is 5.02 Å². The van der Waals surface area contributed by atoms with Gasteiger partial charge in [-0.25, -0.2) is 0 Å². The Morgan fingerprint density at radius 1 is 1.18 bits per heavy atom. The number of hydrogen-bond donors (Lipinski definition) is 2. The zero-order valence-electron chi connectivity index (χ0n) is 12.4. The molecule has 114 valence electrons. The van der Waals surface area contributed by atoms with Gasteiger partial charge in [0.05, 0.1) is 0 Å². The van der Waals surface area contributed by atoms with E-state index in [9.17, 15) is 4.79 Å². The van der Waals surface area contributed by atoms with Crippen molar-refractivity contribution in [2.75, 3.05) is 5.32 Å². The maximum Gasteiger partial charge on any atom is 0.257 e. The molecule has 0 heterocycles. The number of rotatable bonds is 3. The number of carbonyl (C=O) groups is 1. The van der Waals surface area contributed by atoms with Crippen LogP contribution in [0, 0.1) is 6.92 Å². The Bertz CT molecular complexity index is 698. The number of aryl methyl sites for hydroxylation is 2. The van der Waals surface area contributed by atoms with Gasteiger partial charge in [0.2, 0.25) is 0 Å². The molecule has 3 nitrogen and oxygen atoms in total. The lowest BCUT2D eigenvalue weighted by molar-refractivity contribution is 0.0978. The van der Waals surface area contributed by atoms with E-state index in [-0.39, 0.29) is 11.0 Å². The SMILES string of the molecule is CCc1cccc(C)c1NC(=S)NC(=O)c1ccc(Cl)cc1. The summed E-state index contributed by atoms with van der Waals surface area (Å²) in [5.41, 5.74) is 3.70. The maximum atomic E-state index is 12.1. The fourth-order valence-electron chi connectivity index (χ4n) is 2.12. The van der Waals surface area contributed by atoms with Crippen LogP contribution in [0.5, 0.6) is 0 Å². The molecule has 0 aliphatic rings. The van der Waals surface area contributed by atoms with Crippen LogP contribution in [0.25, 0.3) is 0 Å². The van der Waals surface area contributed by atoms with E-state index < -0.39 is 0 Å². The fourth-order valence-corrected chi connectivity index (χ4v) is 2.44. The number of amides is 1. The summed E-state index contributed by atoms with van der Waals surface area (Å²) in [6, 6.07) is 12.7. The highest BCUT2D eigenvalue weighted by molar-refractivity contribution is 7.80. The average Bonchev–Trinajstić information content (AvgIpc) is 2.49. The minimum Gasteiger partial charge on any atom is -0.332 e. The van der Waals surface area contributed by atoms with E-state index in [0.717, 1.165) is 23.2 Å². The van der Waals surface area contributed by atoms with Crippen LogP contribution in [-0.4, -0.2) is 11.0 Å². The number of benzene rings is 2. The zero-order chi connectivity index (χ0) is 16.1. The second-order valence-electron chi connectivity index (χ2n) is 4.88. The summed E-state index contributed by atoms with van der Waals surface area (Å²) >= 11 is 11.0. The van der Waals surface area contributed by atoms with Crippen molar-refractivity contribution in [3.05, 3.63) is 64.2 Å². The van der Waals surface area contributed by atoms with Crippen LogP contribution < -0.4 is 10.6 Å². The van der Waals surface area contributed by atoms with Crippen molar-refractivity contribution in [1.29, 1.82) is 0 Å². The first-order chi connectivity index (χ1) is 10.5. The summed E-state index contributed by atoms with van der Waals surface area (Å²) in [6.07, 6.45) is 0.887. The van der Waals surface area contributed by atoms with Crippen LogP contribution in [0.4, 0.5) is 5.69 Å². The summed E-state index contributed by atoms with van der Waals surface area (Å²) < 4.78 is 0. The Morgan fingerprint density at radius 2 is 1.86 bits per heavy atom. The first-order valence-electron chi connectivity index (χ1n) is 6.97. The molecule has 2 aromatic carbocycles. The highest BCUT2D eigenvalue weighted by Gasteiger charge is 2.10. The summed E-state index contributed by atoms with van der Waals surface area (Å²) in [6.45, 7) is 4.08. The lowest BCUT2D eigenvalue weighted by Gasteiger charge is -2.15. The lowest BCUT2D eigenvalue weighted by atomic mass is 10.1. The summed E-state index contributed by atoms with van der Waals surface area (Å²) in [5.74, 6) is -0.263. The molecule has 2 rings (SSSR count). The third-order valence-corrected chi connectivity index (χ3v) is 3.77. The molecule has 0 aliphatic carbocycles. The van der Waals surface area contributed by atoms with Gasteiger partial charge in [-0.05, 0) is 61.0 Å². The van der Waals surface area contributed by atoms with Crippen molar-refractivity contribution in [3.63, 3.8) is 0 Å². The van der Waals surface area contributed by atoms with Gasteiger partial charge in [-0.2, -0.15) is 0 Å². The van der Waals surface area contributed by atoms with Gasteiger partial charge >= 0.3 is 0 Å². The third-order valence-electron chi connectivity index (χ3n) is 3.31. The predicted molar refractivity (Wildman–Crippen MR) is 95.7 cm³/mol. The molecule has 22 heavy (non-hydrogen) atoms. The molecule has 0 atom stereocenters. The van der Waals surface area contributed by atoms with Crippen LogP contribution in [-0.2, 0) is 6.42 Å². The van der Waals surface area contributed by atoms with Gasteiger partial charge in [-0.15, -0.1) is 0 Å². The topological polar surface area (TPSA) is 41.1 Å². The van der Waals surface area contributed by atoms with Crippen molar-refractivity contribution in [2.24, 2.45) is 0 Å². The molecule has 5 heteroatoms. The highest BCUT2D eigenvalue weighted by Crippen LogP contribution is 2.21. The Hall–Kier alpha value is -1.91. The minimum atomic E-state index is -0.263. The first-order valence-corrected chi connectivity index (χ1v) is 7.76. The van der Waals surface area contributed by atoms with Gasteiger partial charge in [-0.3, -0.25) is 10.1 Å². The average molecular weight is 333 g/mol. The monoisotopic (exact) mass is 332 g/mol. The van der Waals surface area contributed by atoms with Crippen LogP contribution in [0.1, 0.15) is 28.4 Å². The fraction of sp³-hybridized carbons (Fsp3) is 0.176. The van der Waals surface area contributed by atoms with E-state index in [1.807, 2.05) is 25.1 Å². The number of carbonyl (C=O) groups excluding carboxylic acids is 1. The molecule has 0 aromatic heterocycles. The molecule has 2 N–H and O–H groups in total. The van der Waals surface area contributed by atoms with Crippen molar-refractivity contribution in [1.82, 2.24) is 5.32 Å². The molecule has 1 amide bonds. The summed E-state index contributed by atoms with van der Waals surface area (Å²) in [5, 5.41) is 6.67. The predicted octanol–water partition coefficient (Wildman–Crippen LogP) is 4.34. The molecular weight excluding hydrogens is 316 g/mol. The quantitative estimate of drug-likeness (QED) is 0.822. The summed E-state index contributed by atoms with van der Waals surface area (Å²) in [4.78, 5) is 12.1. The van der Waals surface area contributed by atoms with E-state index in [2.05, 4.69) is 17.6 Å². The highest BCUT2D eigenvalue weighted by atomic mass is 35.5. The van der Waals surface area contributed by atoms with Gasteiger partial charge in [-0.1, -0.05) is 36.7 Å². The van der Waals surface area contributed by atoms with Gasteiger partial charge in [0.1, 0.15) is 0 Å². The maximum absolute atomic E-state index is 12.1. The first kappa shape index (κ1) is 16.5. The van der Waals surface area contributed by atoms with Gasteiger partial charge in [0.25, 0.3) is 5.91 Å². The van der Waals surface area contributed by atoms with Crippen LogP contribution in [0.15, 0.2) is 42.5 Å². The molecule has 2 aromatic rings. The Kier molecular flexibility index (Phi) is 5.52. The molecule has 0 unspecified atom stereocenters. The molecule has 0 saturated carbocycles. The van der Waals surface area contributed by atoms with Crippen molar-refractivity contribution < 1.29 is 4.79 Å². The van der Waals surface area contributed by atoms with Gasteiger partial charge in [0.15, 0.2) is 5.11 Å². The number of halogens is 1. The number of nitrogens with one attached hydrogen (secondary N) is 2. The second kappa shape index (κ2) is 7.38. The number of thiocarbonyl (C=S) groups is 1. The number of hydrogen-bond acceptors (Lipinski definition) is 2. The summed E-state index contributed by atoms with van der Waals surface area (Å²) in [7, 11) is 0. The molecule has 0 radical (unpaired) electrons. The van der Waals surface area contributed by atoms with Crippen LogP contribution >= 0.6 is 23.8 Å². The Morgan fingerprint density at radius 3 is 2.50 bits per heavy atom. The molecule has 0 aliphatic heterocycles. The molecule has 0 fully saturated rings. The van der Waals surface area contributed by atoms with Crippen molar-refractivity contribution >= 4 is 40.5 Å². The van der Waals surface area contributed by atoms with E-state index in [1.54, 1.807) is 24.3 Å². The molecule has 0 bridgehead atoms. The molecule has 0 spiro atoms. The third kappa shape index (κ3) is 4.06. The van der Waals surface area contributed by atoms with Gasteiger partial charge < -0.3 is 5.32 Å². The molecule has 0 saturated heterocycles. The standard InChI is InChI=1S/C17H17ClN2OS/c1-3-12-6-4-5-11(2)15(12)19-17(22)20-16(21)13-7-9-14(18)10-8-13/h4-10H,3H2,1-2H3,(H2,19,20,21,22). The second-order valence-corrected chi connectivity index (χ2v) is 5.72. The lowest BCUT2D eigenvalue weighted by Crippen LogP contribution is -2.34. The van der Waals surface area contributed by atoms with E-state index in [1.165, 1.54) is 0 Å². The Balaban J connectivity index is 2.07.